The molecule has 3 aromatic rings. The summed E-state index contributed by atoms with van der Waals surface area (Å²) in [4.78, 5) is 28.5. The fraction of sp³-hybridized carbons (Fsp3) is 0.310. The third kappa shape index (κ3) is 6.72. The molecular weight excluding hydrogens is 502 g/mol. The minimum Gasteiger partial charge on any atom is -0.495 e. The van der Waals surface area contributed by atoms with Crippen LogP contribution in [0, 0.1) is 6.92 Å². The topological polar surface area (TPSA) is 96.0 Å². The third-order valence-corrected chi connectivity index (χ3v) is 7.95. The number of carbonyl (C=O) groups excluding carboxylic acids is 2. The number of likely N-dealkylation sites (N-methyl/N-ethyl adjacent to an activating group) is 1. The van der Waals surface area contributed by atoms with Crippen LogP contribution >= 0.6 is 0 Å². The van der Waals surface area contributed by atoms with E-state index in [9.17, 15) is 18.0 Å². The molecule has 0 fully saturated rings. The molecule has 0 spiro atoms. The highest BCUT2D eigenvalue weighted by atomic mass is 32.2. The number of hydrogen-bond donors (Lipinski definition) is 1. The Bertz CT molecular complexity index is 1330. The van der Waals surface area contributed by atoms with Crippen molar-refractivity contribution >= 4 is 27.5 Å². The average Bonchev–Trinajstić information content (AvgIpc) is 2.93. The lowest BCUT2D eigenvalue weighted by Gasteiger charge is -2.33. The third-order valence-electron chi connectivity index (χ3n) is 6.17. The number of nitrogens with zero attached hydrogens (tertiary/aromatic N) is 2. The molecule has 0 saturated heterocycles. The fourth-order valence-electron chi connectivity index (χ4n) is 4.17. The molecule has 0 aromatic heterocycles. The van der Waals surface area contributed by atoms with Crippen molar-refractivity contribution in [3.05, 3.63) is 90.0 Å². The molecule has 0 saturated carbocycles. The van der Waals surface area contributed by atoms with Gasteiger partial charge in [0.2, 0.25) is 11.8 Å². The van der Waals surface area contributed by atoms with Gasteiger partial charge < -0.3 is 15.0 Å². The zero-order chi connectivity index (χ0) is 27.7. The summed E-state index contributed by atoms with van der Waals surface area (Å²) in [7, 11) is -2.71. The molecule has 0 aliphatic heterocycles. The van der Waals surface area contributed by atoms with Crippen LogP contribution in [0.3, 0.4) is 0 Å². The lowest BCUT2D eigenvalue weighted by molar-refractivity contribution is -0.140. The molecule has 0 bridgehead atoms. The molecule has 0 unspecified atom stereocenters. The van der Waals surface area contributed by atoms with Crippen LogP contribution in [0.1, 0.15) is 31.4 Å². The normalized spacial score (nSPS) is 11.9. The highest BCUT2D eigenvalue weighted by Crippen LogP contribution is 2.32. The van der Waals surface area contributed by atoms with E-state index < -0.39 is 28.5 Å². The SMILES string of the molecule is CCNC(=O)[C@@H](CC)N(Cc1ccc(C)cc1)C(=O)CN(c1ccccc1OC)S(=O)(=O)c1ccccc1. The van der Waals surface area contributed by atoms with Crippen LogP contribution in [0.4, 0.5) is 5.69 Å². The zero-order valence-electron chi connectivity index (χ0n) is 22.3. The maximum atomic E-state index is 14.0. The molecule has 3 aromatic carbocycles. The molecule has 0 aliphatic rings. The second-order valence-corrected chi connectivity index (χ2v) is 10.7. The minimum absolute atomic E-state index is 0.0413. The van der Waals surface area contributed by atoms with Gasteiger partial charge in [-0.05, 0) is 50.1 Å². The van der Waals surface area contributed by atoms with E-state index in [2.05, 4.69) is 5.32 Å². The van der Waals surface area contributed by atoms with E-state index in [0.717, 1.165) is 15.4 Å². The Morgan fingerprint density at radius 1 is 0.921 bits per heavy atom. The van der Waals surface area contributed by atoms with Crippen molar-refractivity contribution in [2.75, 3.05) is 24.5 Å². The van der Waals surface area contributed by atoms with Gasteiger partial charge in [-0.1, -0.05) is 67.1 Å². The summed E-state index contributed by atoms with van der Waals surface area (Å²) in [6.45, 7) is 5.66. The minimum atomic E-state index is -4.15. The number of rotatable bonds is 12. The highest BCUT2D eigenvalue weighted by Gasteiger charge is 2.34. The number of aryl methyl sites for hydroxylation is 1. The van der Waals surface area contributed by atoms with Crippen molar-refractivity contribution in [3.8, 4) is 5.75 Å². The van der Waals surface area contributed by atoms with Gasteiger partial charge in [-0.3, -0.25) is 13.9 Å². The number of nitrogens with one attached hydrogen (secondary N) is 1. The summed E-state index contributed by atoms with van der Waals surface area (Å²) in [6, 6.07) is 21.5. The van der Waals surface area contributed by atoms with Crippen molar-refractivity contribution in [3.63, 3.8) is 0 Å². The first-order valence-electron chi connectivity index (χ1n) is 12.6. The van der Waals surface area contributed by atoms with Crippen molar-refractivity contribution in [2.45, 2.75) is 44.7 Å². The molecule has 0 aliphatic carbocycles. The van der Waals surface area contributed by atoms with Crippen molar-refractivity contribution < 1.29 is 22.7 Å². The molecule has 0 heterocycles. The number of amides is 2. The van der Waals surface area contributed by atoms with E-state index in [1.807, 2.05) is 45.0 Å². The smallest absolute Gasteiger partial charge is 0.264 e. The molecule has 2 amide bonds. The Balaban J connectivity index is 2.08. The molecule has 202 valence electrons. The number of benzene rings is 3. The van der Waals surface area contributed by atoms with Crippen LogP contribution in [0.15, 0.2) is 83.8 Å². The van der Waals surface area contributed by atoms with Crippen LogP contribution in [0.25, 0.3) is 0 Å². The van der Waals surface area contributed by atoms with E-state index in [1.165, 1.54) is 24.1 Å². The quantitative estimate of drug-likeness (QED) is 0.375. The molecule has 8 nitrogen and oxygen atoms in total. The Morgan fingerprint density at radius 2 is 1.55 bits per heavy atom. The van der Waals surface area contributed by atoms with Gasteiger partial charge in [0, 0.05) is 13.1 Å². The van der Waals surface area contributed by atoms with Gasteiger partial charge in [0.1, 0.15) is 18.3 Å². The predicted octanol–water partition coefficient (Wildman–Crippen LogP) is 4.14. The molecule has 1 atom stereocenters. The largest absolute Gasteiger partial charge is 0.495 e. The number of anilines is 1. The number of para-hydroxylation sites is 2. The zero-order valence-corrected chi connectivity index (χ0v) is 23.1. The van der Waals surface area contributed by atoms with Gasteiger partial charge >= 0.3 is 0 Å². The fourth-order valence-corrected chi connectivity index (χ4v) is 5.62. The summed E-state index contributed by atoms with van der Waals surface area (Å²) in [5.74, 6) is -0.486. The molecule has 1 N–H and O–H groups in total. The van der Waals surface area contributed by atoms with Gasteiger partial charge in [-0.25, -0.2) is 8.42 Å². The van der Waals surface area contributed by atoms with Gasteiger partial charge in [0.05, 0.1) is 17.7 Å². The van der Waals surface area contributed by atoms with Crippen LogP contribution in [0.2, 0.25) is 0 Å². The number of sulfonamides is 1. The van der Waals surface area contributed by atoms with Crippen LogP contribution in [-0.2, 0) is 26.2 Å². The van der Waals surface area contributed by atoms with E-state index >= 15 is 0 Å². The number of ether oxygens (including phenoxy) is 1. The first-order valence-corrected chi connectivity index (χ1v) is 14.0. The van der Waals surface area contributed by atoms with Crippen molar-refractivity contribution in [2.24, 2.45) is 0 Å². The standard InChI is InChI=1S/C29H35N3O5S/c1-5-25(29(34)30-6-2)31(20-23-18-16-22(3)17-19-23)28(33)21-32(26-14-10-11-15-27(26)37-4)38(35,36)24-12-8-7-9-13-24/h7-19,25H,5-6,20-21H2,1-4H3,(H,30,34)/t25-/m1/s1. The predicted molar refractivity (Wildman–Crippen MR) is 148 cm³/mol. The van der Waals surface area contributed by atoms with Gasteiger partial charge in [0.25, 0.3) is 10.0 Å². The first kappa shape index (κ1) is 28.7. The molecule has 38 heavy (non-hydrogen) atoms. The summed E-state index contributed by atoms with van der Waals surface area (Å²) in [6.07, 6.45) is 0.365. The van der Waals surface area contributed by atoms with Gasteiger partial charge in [-0.15, -0.1) is 0 Å². The van der Waals surface area contributed by atoms with E-state index in [4.69, 9.17) is 4.74 Å². The lowest BCUT2D eigenvalue weighted by Crippen LogP contribution is -2.52. The molecule has 0 radical (unpaired) electrons. The second-order valence-electron chi connectivity index (χ2n) is 8.82. The monoisotopic (exact) mass is 537 g/mol. The summed E-state index contributed by atoms with van der Waals surface area (Å²) in [5.41, 5.74) is 2.13. The van der Waals surface area contributed by atoms with Crippen molar-refractivity contribution in [1.82, 2.24) is 10.2 Å². The maximum absolute atomic E-state index is 14.0. The van der Waals surface area contributed by atoms with Crippen LogP contribution in [-0.4, -0.2) is 51.4 Å². The highest BCUT2D eigenvalue weighted by molar-refractivity contribution is 7.92. The van der Waals surface area contributed by atoms with Gasteiger partial charge in [-0.2, -0.15) is 0 Å². The average molecular weight is 538 g/mol. The molecule has 9 heteroatoms. The summed E-state index contributed by atoms with van der Waals surface area (Å²) < 4.78 is 34.2. The van der Waals surface area contributed by atoms with Crippen LogP contribution < -0.4 is 14.4 Å². The van der Waals surface area contributed by atoms with E-state index in [-0.39, 0.29) is 23.0 Å². The summed E-state index contributed by atoms with van der Waals surface area (Å²) in [5, 5.41) is 2.80. The number of carbonyl (C=O) groups is 2. The Morgan fingerprint density at radius 3 is 2.16 bits per heavy atom. The Hall–Kier alpha value is -3.85. The summed E-state index contributed by atoms with van der Waals surface area (Å²) >= 11 is 0. The van der Waals surface area contributed by atoms with Crippen molar-refractivity contribution in [1.29, 1.82) is 0 Å². The van der Waals surface area contributed by atoms with Gasteiger partial charge in [0.15, 0.2) is 0 Å². The number of hydrogen-bond acceptors (Lipinski definition) is 5. The second kappa shape index (κ2) is 13.1. The van der Waals surface area contributed by atoms with Crippen LogP contribution in [0.5, 0.6) is 5.75 Å². The molecule has 3 rings (SSSR count). The lowest BCUT2D eigenvalue weighted by atomic mass is 10.1. The Labute approximate surface area is 225 Å². The van der Waals surface area contributed by atoms with E-state index in [0.29, 0.717) is 18.7 Å². The Kier molecular flexibility index (Phi) is 9.90. The number of methoxy groups -OCH3 is 1. The molecular formula is C29H35N3O5S. The maximum Gasteiger partial charge on any atom is 0.264 e. The first-order chi connectivity index (χ1) is 18.2. The van der Waals surface area contributed by atoms with E-state index in [1.54, 1.807) is 42.5 Å².